The summed E-state index contributed by atoms with van der Waals surface area (Å²) >= 11 is 1.37. The molecule has 154 valence electrons. The highest BCUT2D eigenvalue weighted by atomic mass is 32.1. The predicted octanol–water partition coefficient (Wildman–Crippen LogP) is 3.81. The molecule has 1 aromatic heterocycles. The molecule has 2 unspecified atom stereocenters. The Morgan fingerprint density at radius 1 is 1.07 bits per heavy atom. The van der Waals surface area contributed by atoms with Gasteiger partial charge in [0.05, 0.1) is 4.88 Å². The Hall–Kier alpha value is -2.67. The molecular formula is C22H27N3O3S. The largest absolute Gasteiger partial charge is 0.354 e. The first kappa shape index (κ1) is 21.0. The summed E-state index contributed by atoms with van der Waals surface area (Å²) in [6.07, 6.45) is 3.29. The molecule has 1 aromatic carbocycles. The highest BCUT2D eigenvalue weighted by Crippen LogP contribution is 2.25. The quantitative estimate of drug-likeness (QED) is 0.673. The van der Waals surface area contributed by atoms with E-state index >= 15 is 0 Å². The molecule has 1 saturated carbocycles. The van der Waals surface area contributed by atoms with Gasteiger partial charge in [-0.2, -0.15) is 0 Å². The van der Waals surface area contributed by atoms with E-state index in [1.807, 2.05) is 25.3 Å². The topological polar surface area (TPSA) is 87.3 Å². The van der Waals surface area contributed by atoms with E-state index in [9.17, 15) is 14.4 Å². The molecule has 29 heavy (non-hydrogen) atoms. The second-order valence-electron chi connectivity index (χ2n) is 7.71. The summed E-state index contributed by atoms with van der Waals surface area (Å²) in [5.74, 6) is -0.374. The molecule has 1 aliphatic carbocycles. The SMILES string of the molecule is CC(C)NC(=O)C1CCCC(NC(=O)c2cccc(NC(=O)c3cccs3)c2)C1. The molecule has 2 aromatic rings. The Balaban J connectivity index is 1.59. The van der Waals surface area contributed by atoms with Gasteiger partial charge in [-0.3, -0.25) is 14.4 Å². The maximum Gasteiger partial charge on any atom is 0.265 e. The highest BCUT2D eigenvalue weighted by Gasteiger charge is 2.28. The van der Waals surface area contributed by atoms with E-state index in [0.717, 1.165) is 19.3 Å². The van der Waals surface area contributed by atoms with Crippen molar-refractivity contribution in [1.29, 1.82) is 0 Å². The molecule has 2 atom stereocenters. The number of carbonyl (C=O) groups is 3. The van der Waals surface area contributed by atoms with Crippen molar-refractivity contribution in [3.05, 3.63) is 52.2 Å². The van der Waals surface area contributed by atoms with E-state index in [2.05, 4.69) is 16.0 Å². The van der Waals surface area contributed by atoms with Crippen molar-refractivity contribution < 1.29 is 14.4 Å². The summed E-state index contributed by atoms with van der Waals surface area (Å²) in [5.41, 5.74) is 1.07. The van der Waals surface area contributed by atoms with Gasteiger partial charge in [-0.25, -0.2) is 0 Å². The molecule has 0 bridgehead atoms. The van der Waals surface area contributed by atoms with E-state index in [0.29, 0.717) is 22.5 Å². The lowest BCUT2D eigenvalue weighted by Crippen LogP contribution is -2.43. The fraction of sp³-hybridized carbons (Fsp3) is 0.409. The Morgan fingerprint density at radius 3 is 2.62 bits per heavy atom. The first-order chi connectivity index (χ1) is 13.9. The third-order valence-corrected chi connectivity index (χ3v) is 5.81. The number of thiophene rings is 1. The maximum atomic E-state index is 12.7. The van der Waals surface area contributed by atoms with Crippen molar-refractivity contribution in [1.82, 2.24) is 10.6 Å². The predicted molar refractivity (Wildman–Crippen MR) is 115 cm³/mol. The first-order valence-electron chi connectivity index (χ1n) is 9.98. The molecule has 1 aliphatic rings. The molecule has 0 aliphatic heterocycles. The molecule has 3 amide bonds. The number of anilines is 1. The van der Waals surface area contributed by atoms with Gasteiger partial charge in [0.2, 0.25) is 5.91 Å². The third kappa shape index (κ3) is 5.90. The third-order valence-electron chi connectivity index (χ3n) is 4.94. The molecule has 1 fully saturated rings. The smallest absolute Gasteiger partial charge is 0.265 e. The van der Waals surface area contributed by atoms with E-state index < -0.39 is 0 Å². The van der Waals surface area contributed by atoms with E-state index in [-0.39, 0.29) is 35.7 Å². The van der Waals surface area contributed by atoms with Crippen LogP contribution in [0.3, 0.4) is 0 Å². The number of nitrogens with one attached hydrogen (secondary N) is 3. The lowest BCUT2D eigenvalue weighted by molar-refractivity contribution is -0.126. The van der Waals surface area contributed by atoms with Crippen LogP contribution in [0.1, 0.15) is 59.6 Å². The second kappa shape index (κ2) is 9.69. The van der Waals surface area contributed by atoms with Crippen molar-refractivity contribution in [3.63, 3.8) is 0 Å². The zero-order valence-electron chi connectivity index (χ0n) is 16.7. The van der Waals surface area contributed by atoms with Gasteiger partial charge in [0.25, 0.3) is 11.8 Å². The number of rotatable bonds is 6. The fourth-order valence-electron chi connectivity index (χ4n) is 3.57. The van der Waals surface area contributed by atoms with E-state index in [1.165, 1.54) is 11.3 Å². The maximum absolute atomic E-state index is 12.7. The van der Waals surface area contributed by atoms with Gasteiger partial charge in [0.15, 0.2) is 0 Å². The molecule has 0 radical (unpaired) electrons. The van der Waals surface area contributed by atoms with Crippen LogP contribution in [-0.2, 0) is 4.79 Å². The van der Waals surface area contributed by atoms with Crippen LogP contribution >= 0.6 is 11.3 Å². The Labute approximate surface area is 175 Å². The number of hydrogen-bond donors (Lipinski definition) is 3. The Bertz CT molecular complexity index is 864. The zero-order valence-corrected chi connectivity index (χ0v) is 17.6. The fourth-order valence-corrected chi connectivity index (χ4v) is 4.19. The lowest BCUT2D eigenvalue weighted by atomic mass is 9.85. The number of hydrogen-bond acceptors (Lipinski definition) is 4. The van der Waals surface area contributed by atoms with E-state index in [1.54, 1.807) is 30.3 Å². The van der Waals surface area contributed by atoms with Crippen LogP contribution in [0.4, 0.5) is 5.69 Å². The standard InChI is InChI=1S/C22H27N3O3S/c1-14(2)23-20(26)15-6-3-8-17(12-15)24-21(27)16-7-4-9-18(13-16)25-22(28)19-10-5-11-29-19/h4-5,7,9-11,13-15,17H,3,6,8,12H2,1-2H3,(H,23,26)(H,24,27)(H,25,28). The van der Waals surface area contributed by atoms with Crippen LogP contribution < -0.4 is 16.0 Å². The van der Waals surface area contributed by atoms with Gasteiger partial charge >= 0.3 is 0 Å². The molecule has 1 heterocycles. The summed E-state index contributed by atoms with van der Waals surface area (Å²) < 4.78 is 0. The average molecular weight is 414 g/mol. The lowest BCUT2D eigenvalue weighted by Gasteiger charge is -2.29. The minimum atomic E-state index is -0.191. The Morgan fingerprint density at radius 2 is 1.90 bits per heavy atom. The summed E-state index contributed by atoms with van der Waals surface area (Å²) in [7, 11) is 0. The molecule has 7 heteroatoms. The number of carbonyl (C=O) groups excluding carboxylic acids is 3. The molecule has 3 rings (SSSR count). The van der Waals surface area contributed by atoms with Gasteiger partial charge in [0.1, 0.15) is 0 Å². The van der Waals surface area contributed by atoms with Crippen LogP contribution in [0.5, 0.6) is 0 Å². The van der Waals surface area contributed by atoms with Gasteiger partial charge in [-0.15, -0.1) is 11.3 Å². The summed E-state index contributed by atoms with van der Waals surface area (Å²) in [4.78, 5) is 37.8. The molecular weight excluding hydrogens is 386 g/mol. The highest BCUT2D eigenvalue weighted by molar-refractivity contribution is 7.12. The summed E-state index contributed by atoms with van der Waals surface area (Å²) in [5, 5.41) is 10.7. The van der Waals surface area contributed by atoms with Gasteiger partial charge in [0, 0.05) is 29.3 Å². The van der Waals surface area contributed by atoms with Crippen molar-refractivity contribution in [2.75, 3.05) is 5.32 Å². The van der Waals surface area contributed by atoms with Gasteiger partial charge in [-0.05, 0) is 62.8 Å². The molecule has 3 N–H and O–H groups in total. The average Bonchev–Trinajstić information content (AvgIpc) is 3.23. The minimum Gasteiger partial charge on any atom is -0.354 e. The van der Waals surface area contributed by atoms with Gasteiger partial charge < -0.3 is 16.0 Å². The van der Waals surface area contributed by atoms with Crippen LogP contribution in [-0.4, -0.2) is 29.8 Å². The van der Waals surface area contributed by atoms with Crippen LogP contribution in [0, 0.1) is 5.92 Å². The molecule has 0 saturated heterocycles. The van der Waals surface area contributed by atoms with Crippen LogP contribution in [0.15, 0.2) is 41.8 Å². The molecule has 0 spiro atoms. The van der Waals surface area contributed by atoms with Crippen LogP contribution in [0.2, 0.25) is 0 Å². The Kier molecular flexibility index (Phi) is 7.04. The van der Waals surface area contributed by atoms with Crippen molar-refractivity contribution >= 4 is 34.7 Å². The van der Waals surface area contributed by atoms with Gasteiger partial charge in [-0.1, -0.05) is 18.6 Å². The van der Waals surface area contributed by atoms with E-state index in [4.69, 9.17) is 0 Å². The molecule has 6 nitrogen and oxygen atoms in total. The second-order valence-corrected chi connectivity index (χ2v) is 8.66. The summed E-state index contributed by atoms with van der Waals surface area (Å²) in [6, 6.07) is 10.6. The number of amides is 3. The summed E-state index contributed by atoms with van der Waals surface area (Å²) in [6.45, 7) is 3.90. The van der Waals surface area contributed by atoms with Crippen LogP contribution in [0.25, 0.3) is 0 Å². The number of benzene rings is 1. The first-order valence-corrected chi connectivity index (χ1v) is 10.9. The minimum absolute atomic E-state index is 0.0245. The normalized spacial score (nSPS) is 18.9. The monoisotopic (exact) mass is 413 g/mol. The van der Waals surface area contributed by atoms with Crippen molar-refractivity contribution in [2.45, 2.75) is 51.6 Å². The van der Waals surface area contributed by atoms with Crippen molar-refractivity contribution in [3.8, 4) is 0 Å². The zero-order chi connectivity index (χ0) is 20.8. The van der Waals surface area contributed by atoms with Crippen molar-refractivity contribution in [2.24, 2.45) is 5.92 Å².